The zero-order valence-electron chi connectivity index (χ0n) is 12.4. The van der Waals surface area contributed by atoms with E-state index in [1.54, 1.807) is 23.5 Å². The average Bonchev–Trinajstić information content (AvgIpc) is 2.98. The van der Waals surface area contributed by atoms with Gasteiger partial charge in [0.1, 0.15) is 0 Å². The number of benzene rings is 1. The van der Waals surface area contributed by atoms with Gasteiger partial charge in [0.15, 0.2) is 0 Å². The summed E-state index contributed by atoms with van der Waals surface area (Å²) in [6.07, 6.45) is 0. The molecule has 1 amide bonds. The molecule has 2 atom stereocenters. The van der Waals surface area contributed by atoms with Crippen LogP contribution in [0.4, 0.5) is 0 Å². The quantitative estimate of drug-likeness (QED) is 0.794. The number of nitrogens with one attached hydrogen (secondary N) is 2. The highest BCUT2D eigenvalue weighted by molar-refractivity contribution is 7.10. The summed E-state index contributed by atoms with van der Waals surface area (Å²) in [7, 11) is 0. The first-order chi connectivity index (χ1) is 10.5. The number of carbonyl (C=O) groups excluding carboxylic acids is 1. The summed E-state index contributed by atoms with van der Waals surface area (Å²) in [5.41, 5.74) is 0.853. The van der Waals surface area contributed by atoms with Crippen LogP contribution in [0, 0.1) is 0 Å². The Hall–Kier alpha value is -1.07. The molecule has 0 saturated heterocycles. The fourth-order valence-corrected chi connectivity index (χ4v) is 3.44. The first kappa shape index (κ1) is 17.3. The highest BCUT2D eigenvalue weighted by Gasteiger charge is 2.14. The van der Waals surface area contributed by atoms with Crippen LogP contribution in [0.5, 0.6) is 0 Å². The summed E-state index contributed by atoms with van der Waals surface area (Å²) in [6, 6.07) is 9.31. The van der Waals surface area contributed by atoms with Crippen molar-refractivity contribution in [3.63, 3.8) is 0 Å². The molecule has 0 aliphatic rings. The molecule has 3 nitrogen and oxygen atoms in total. The molecule has 0 bridgehead atoms. The highest BCUT2D eigenvalue weighted by atomic mass is 35.5. The molecular weight excluding hydrogens is 339 g/mol. The topological polar surface area (TPSA) is 41.1 Å². The van der Waals surface area contributed by atoms with Gasteiger partial charge in [-0.05, 0) is 43.0 Å². The first-order valence-electron chi connectivity index (χ1n) is 6.98. The molecule has 1 aromatic carbocycles. The van der Waals surface area contributed by atoms with Gasteiger partial charge >= 0.3 is 0 Å². The maximum Gasteiger partial charge on any atom is 0.234 e. The SMILES string of the molecule is C[C@H](NC(=O)CN[C@H](C)c1cccs1)c1ccc(Cl)cc1Cl. The van der Waals surface area contributed by atoms with Gasteiger partial charge in [-0.2, -0.15) is 0 Å². The number of rotatable bonds is 6. The third-order valence-corrected chi connectivity index (χ3v) is 4.96. The molecule has 2 N–H and O–H groups in total. The van der Waals surface area contributed by atoms with Crippen molar-refractivity contribution in [2.45, 2.75) is 25.9 Å². The Labute approximate surface area is 144 Å². The lowest BCUT2D eigenvalue weighted by molar-refractivity contribution is -0.121. The van der Waals surface area contributed by atoms with Crippen LogP contribution in [0.15, 0.2) is 35.7 Å². The number of hydrogen-bond acceptors (Lipinski definition) is 3. The second-order valence-electron chi connectivity index (χ2n) is 5.07. The van der Waals surface area contributed by atoms with Gasteiger partial charge in [-0.1, -0.05) is 35.3 Å². The van der Waals surface area contributed by atoms with Crippen LogP contribution in [-0.2, 0) is 4.79 Å². The zero-order valence-corrected chi connectivity index (χ0v) is 14.7. The molecule has 2 aromatic rings. The fourth-order valence-electron chi connectivity index (χ4n) is 2.11. The van der Waals surface area contributed by atoms with E-state index in [-0.39, 0.29) is 24.5 Å². The lowest BCUT2D eigenvalue weighted by Gasteiger charge is -2.17. The second-order valence-corrected chi connectivity index (χ2v) is 6.90. The Bertz CT molecular complexity index is 631. The van der Waals surface area contributed by atoms with Crippen molar-refractivity contribution in [1.82, 2.24) is 10.6 Å². The Morgan fingerprint density at radius 2 is 2.00 bits per heavy atom. The van der Waals surface area contributed by atoms with E-state index in [2.05, 4.69) is 16.7 Å². The van der Waals surface area contributed by atoms with Crippen LogP contribution in [0.3, 0.4) is 0 Å². The third kappa shape index (κ3) is 4.71. The maximum absolute atomic E-state index is 12.0. The summed E-state index contributed by atoms with van der Waals surface area (Å²) in [5.74, 6) is -0.0677. The number of thiophene rings is 1. The minimum Gasteiger partial charge on any atom is -0.348 e. The Morgan fingerprint density at radius 1 is 1.23 bits per heavy atom. The van der Waals surface area contributed by atoms with Crippen molar-refractivity contribution in [3.8, 4) is 0 Å². The third-order valence-electron chi connectivity index (χ3n) is 3.35. The summed E-state index contributed by atoms with van der Waals surface area (Å²) in [5, 5.41) is 9.31. The van der Waals surface area contributed by atoms with Crippen LogP contribution < -0.4 is 10.6 Å². The lowest BCUT2D eigenvalue weighted by atomic mass is 10.1. The highest BCUT2D eigenvalue weighted by Crippen LogP contribution is 2.26. The monoisotopic (exact) mass is 356 g/mol. The van der Waals surface area contributed by atoms with Crippen LogP contribution >= 0.6 is 34.5 Å². The zero-order chi connectivity index (χ0) is 16.1. The van der Waals surface area contributed by atoms with E-state index in [1.165, 1.54) is 4.88 Å². The Morgan fingerprint density at radius 3 is 2.64 bits per heavy atom. The van der Waals surface area contributed by atoms with E-state index < -0.39 is 0 Å². The molecule has 22 heavy (non-hydrogen) atoms. The number of carbonyl (C=O) groups is 1. The summed E-state index contributed by atoms with van der Waals surface area (Å²) < 4.78 is 0. The molecule has 0 unspecified atom stereocenters. The maximum atomic E-state index is 12.0. The van der Waals surface area contributed by atoms with Gasteiger partial charge in [-0.3, -0.25) is 4.79 Å². The van der Waals surface area contributed by atoms with Crippen LogP contribution in [0.25, 0.3) is 0 Å². The molecule has 2 rings (SSSR count). The smallest absolute Gasteiger partial charge is 0.234 e. The van der Waals surface area contributed by atoms with Gasteiger partial charge in [-0.15, -0.1) is 11.3 Å². The van der Waals surface area contributed by atoms with E-state index in [4.69, 9.17) is 23.2 Å². The molecule has 118 valence electrons. The van der Waals surface area contributed by atoms with Crippen molar-refractivity contribution in [3.05, 3.63) is 56.2 Å². The molecule has 0 saturated carbocycles. The summed E-state index contributed by atoms with van der Waals surface area (Å²) in [4.78, 5) is 13.2. The van der Waals surface area contributed by atoms with E-state index in [1.807, 2.05) is 31.4 Å². The normalized spacial score (nSPS) is 13.6. The van der Waals surface area contributed by atoms with E-state index >= 15 is 0 Å². The van der Waals surface area contributed by atoms with E-state index in [0.29, 0.717) is 10.0 Å². The molecular formula is C16H18Cl2N2OS. The number of amides is 1. The Kier molecular flexibility index (Phi) is 6.26. The van der Waals surface area contributed by atoms with Gasteiger partial charge in [0.2, 0.25) is 5.91 Å². The molecule has 0 fully saturated rings. The Balaban J connectivity index is 1.86. The lowest BCUT2D eigenvalue weighted by Crippen LogP contribution is -2.36. The van der Waals surface area contributed by atoms with Crippen LogP contribution in [0.1, 0.15) is 36.4 Å². The van der Waals surface area contributed by atoms with Crippen molar-refractivity contribution in [1.29, 1.82) is 0 Å². The van der Waals surface area contributed by atoms with Crippen LogP contribution in [-0.4, -0.2) is 12.5 Å². The molecule has 0 aliphatic heterocycles. The van der Waals surface area contributed by atoms with Crippen molar-refractivity contribution >= 4 is 40.4 Å². The predicted molar refractivity (Wildman–Crippen MR) is 93.8 cm³/mol. The fraction of sp³-hybridized carbons (Fsp3) is 0.312. The van der Waals surface area contributed by atoms with Gasteiger partial charge in [0, 0.05) is 21.0 Å². The minimum atomic E-state index is -0.170. The van der Waals surface area contributed by atoms with Crippen molar-refractivity contribution in [2.24, 2.45) is 0 Å². The van der Waals surface area contributed by atoms with Crippen molar-refractivity contribution < 1.29 is 4.79 Å². The van der Waals surface area contributed by atoms with Crippen LogP contribution in [0.2, 0.25) is 10.0 Å². The average molecular weight is 357 g/mol. The van der Waals surface area contributed by atoms with Gasteiger partial charge in [-0.25, -0.2) is 0 Å². The molecule has 0 radical (unpaired) electrons. The predicted octanol–water partition coefficient (Wildman–Crippen LogP) is 4.58. The van der Waals surface area contributed by atoms with Gasteiger partial charge < -0.3 is 10.6 Å². The van der Waals surface area contributed by atoms with Gasteiger partial charge in [0.25, 0.3) is 0 Å². The minimum absolute atomic E-state index is 0.0677. The van der Waals surface area contributed by atoms with E-state index in [0.717, 1.165) is 5.56 Å². The van der Waals surface area contributed by atoms with E-state index in [9.17, 15) is 4.79 Å². The standard InChI is InChI=1S/C16H18Cl2N2OS/c1-10(13-6-5-12(17)8-14(13)18)20-16(21)9-19-11(2)15-4-3-7-22-15/h3-8,10-11,19H,9H2,1-2H3,(H,20,21)/t10-,11+/m0/s1. The molecule has 1 aromatic heterocycles. The molecule has 6 heteroatoms. The van der Waals surface area contributed by atoms with Gasteiger partial charge in [0.05, 0.1) is 12.6 Å². The number of halogens is 2. The molecule has 0 spiro atoms. The number of hydrogen-bond donors (Lipinski definition) is 2. The summed E-state index contributed by atoms with van der Waals surface area (Å²) >= 11 is 13.7. The second kappa shape index (κ2) is 7.97. The molecule has 1 heterocycles. The molecule has 0 aliphatic carbocycles. The first-order valence-corrected chi connectivity index (χ1v) is 8.62. The largest absolute Gasteiger partial charge is 0.348 e. The van der Waals surface area contributed by atoms with Crippen molar-refractivity contribution in [2.75, 3.05) is 6.54 Å². The summed E-state index contributed by atoms with van der Waals surface area (Å²) in [6.45, 7) is 4.20.